The Hall–Kier alpha value is -5.24. The maximum absolute atomic E-state index is 15.3. The van der Waals surface area contributed by atoms with Crippen LogP contribution >= 0.6 is 34.8 Å². The molecule has 6 unspecified atom stereocenters. The molecule has 6 atom stereocenters. The van der Waals surface area contributed by atoms with Gasteiger partial charge in [0, 0.05) is 33.3 Å². The zero-order valence-electron chi connectivity index (χ0n) is 29.0. The molecule has 4 aliphatic rings. The van der Waals surface area contributed by atoms with Gasteiger partial charge in [-0.25, -0.2) is 4.98 Å². The first kappa shape index (κ1) is 37.7. The topological polar surface area (TPSA) is 137 Å². The van der Waals surface area contributed by atoms with Crippen LogP contribution in [0.15, 0.2) is 90.6 Å². The fourth-order valence-electron chi connectivity index (χ4n) is 8.98. The molecule has 56 heavy (non-hydrogen) atoms. The van der Waals surface area contributed by atoms with Gasteiger partial charge in [0.05, 0.1) is 39.4 Å². The predicted molar refractivity (Wildman–Crippen MR) is 199 cm³/mol. The Bertz CT molecular complexity index is 2410. The van der Waals surface area contributed by atoms with Gasteiger partial charge in [0.15, 0.2) is 11.6 Å². The molecule has 0 radical (unpaired) electrons. The number of amides is 4. The van der Waals surface area contributed by atoms with Gasteiger partial charge in [-0.15, -0.1) is 0 Å². The third kappa shape index (κ3) is 5.69. The minimum absolute atomic E-state index is 0.0808. The number of anilines is 2. The molecule has 4 aromatic rings. The first-order valence-corrected chi connectivity index (χ1v) is 18.5. The number of pyridine rings is 1. The van der Waals surface area contributed by atoms with E-state index >= 15 is 4.79 Å². The average molecular weight is 824 g/mol. The summed E-state index contributed by atoms with van der Waals surface area (Å²) in [6.07, 6.45) is -2.53. The smallest absolute Gasteiger partial charge is 0.417 e. The Morgan fingerprint density at radius 2 is 1.57 bits per heavy atom. The molecule has 1 aromatic heterocycles. The number of phenols is 1. The number of ketones is 1. The fraction of sp³-hybridized carbons (Fsp3) is 0.250. The third-order valence-electron chi connectivity index (χ3n) is 11.4. The molecule has 1 saturated carbocycles. The van der Waals surface area contributed by atoms with Crippen molar-refractivity contribution in [2.75, 3.05) is 10.3 Å². The number of benzene rings is 3. The number of carbonyl (C=O) groups excluding carboxylic acids is 5. The van der Waals surface area contributed by atoms with Crippen molar-refractivity contribution in [3.63, 3.8) is 0 Å². The van der Waals surface area contributed by atoms with E-state index in [4.69, 9.17) is 34.8 Å². The van der Waals surface area contributed by atoms with E-state index < -0.39 is 81.2 Å². The molecule has 2 saturated heterocycles. The Kier molecular flexibility index (Phi) is 9.05. The number of alkyl halides is 3. The number of rotatable bonds is 6. The van der Waals surface area contributed by atoms with E-state index in [0.717, 1.165) is 4.90 Å². The number of hydrogen-bond donors (Lipinski definition) is 2. The van der Waals surface area contributed by atoms with Crippen LogP contribution in [0.25, 0.3) is 0 Å². The summed E-state index contributed by atoms with van der Waals surface area (Å²) in [6, 6.07) is 17.2. The lowest BCUT2D eigenvalue weighted by Gasteiger charge is -2.50. The Morgan fingerprint density at radius 3 is 2.21 bits per heavy atom. The van der Waals surface area contributed by atoms with E-state index in [1.807, 2.05) is 0 Å². The molecule has 2 aliphatic carbocycles. The van der Waals surface area contributed by atoms with E-state index in [0.29, 0.717) is 39.0 Å². The molecule has 3 aromatic carbocycles. The van der Waals surface area contributed by atoms with Gasteiger partial charge in [0.1, 0.15) is 5.75 Å². The monoisotopic (exact) mass is 822 g/mol. The van der Waals surface area contributed by atoms with Crippen LogP contribution in [0.5, 0.6) is 5.75 Å². The quantitative estimate of drug-likeness (QED) is 0.113. The summed E-state index contributed by atoms with van der Waals surface area (Å²) in [4.78, 5) is 75.4. The Balaban J connectivity index is 1.30. The zero-order chi connectivity index (χ0) is 40.0. The number of imide groups is 2. The van der Waals surface area contributed by atoms with Crippen molar-refractivity contribution in [1.82, 2.24) is 9.99 Å². The number of allylic oxidation sites excluding steroid dienone is 2. The van der Waals surface area contributed by atoms with E-state index in [9.17, 15) is 37.5 Å². The maximum Gasteiger partial charge on any atom is 0.417 e. The van der Waals surface area contributed by atoms with Gasteiger partial charge < -0.3 is 5.11 Å². The molecular formula is C40H28Cl3F3N4O6. The number of aromatic hydroxyl groups is 1. The summed E-state index contributed by atoms with van der Waals surface area (Å²) in [5, 5.41) is 12.2. The number of halogens is 6. The van der Waals surface area contributed by atoms with E-state index in [2.05, 4.69) is 10.4 Å². The van der Waals surface area contributed by atoms with Crippen LogP contribution in [0.4, 0.5) is 24.7 Å². The molecule has 3 heterocycles. The van der Waals surface area contributed by atoms with Crippen LogP contribution in [0.2, 0.25) is 15.1 Å². The number of phenolic OH excluding ortho intramolecular Hbond substituents is 1. The molecule has 16 heteroatoms. The number of hydrogen-bond acceptors (Lipinski definition) is 8. The number of fused-ring (bicyclic) bond motifs is 4. The predicted octanol–water partition coefficient (Wildman–Crippen LogP) is 8.16. The number of hydrazine groups is 1. The first-order chi connectivity index (χ1) is 26.5. The minimum Gasteiger partial charge on any atom is -0.508 e. The van der Waals surface area contributed by atoms with Crippen LogP contribution in [0.3, 0.4) is 0 Å². The van der Waals surface area contributed by atoms with E-state index in [1.54, 1.807) is 18.2 Å². The SMILES string of the molecule is CC(=O)c1ccc(N2C(=O)C3CC=C4C(CC5C(=O)N(Nc6ncc(C(F)(F)F)cc6Cl)C(=O)C5(c5ccc(Cl)cc5)C4c4cc(Cl)ccc4O)C3C2=O)cc1. The van der Waals surface area contributed by atoms with Gasteiger partial charge >= 0.3 is 6.18 Å². The molecule has 2 N–H and O–H groups in total. The first-order valence-electron chi connectivity index (χ1n) is 17.3. The number of Topliss-reactive ketones (excluding diaryl/α,β-unsaturated/α-hetero) is 1. The van der Waals surface area contributed by atoms with Crippen molar-refractivity contribution in [3.8, 4) is 5.75 Å². The standard InChI is InChI=1S/C40H28Cl3F3N4O6/c1-18(51)19-2-9-24(10-3-19)49-35(53)26-12-11-25-27(32(26)37(49)55)16-29-36(54)50(48-34-30(43)14-21(17-47-34)40(44,45)46)38(56)39(29,20-4-6-22(41)7-5-20)33(25)28-15-23(42)8-13-31(28)52/h2-11,13-15,17,26-27,29,32-33,52H,12,16H2,1H3,(H,47,48). The normalized spacial score (nSPS) is 25.8. The summed E-state index contributed by atoms with van der Waals surface area (Å²) < 4.78 is 40.4. The molecule has 8 rings (SSSR count). The van der Waals surface area contributed by atoms with Crippen molar-refractivity contribution < 1.29 is 42.3 Å². The summed E-state index contributed by atoms with van der Waals surface area (Å²) in [6.45, 7) is 1.39. The lowest BCUT2D eigenvalue weighted by Crippen LogP contribution is -2.53. The van der Waals surface area contributed by atoms with Crippen molar-refractivity contribution in [2.45, 2.75) is 37.3 Å². The highest BCUT2D eigenvalue weighted by molar-refractivity contribution is 6.33. The second-order valence-electron chi connectivity index (χ2n) is 14.2. The summed E-state index contributed by atoms with van der Waals surface area (Å²) in [7, 11) is 0. The Morgan fingerprint density at radius 1 is 0.893 bits per heavy atom. The van der Waals surface area contributed by atoms with Crippen LogP contribution in [-0.2, 0) is 30.8 Å². The molecule has 0 spiro atoms. The molecule has 286 valence electrons. The van der Waals surface area contributed by atoms with Crippen molar-refractivity contribution >= 4 is 75.7 Å². The van der Waals surface area contributed by atoms with Gasteiger partial charge in [0.2, 0.25) is 11.8 Å². The van der Waals surface area contributed by atoms with Crippen LogP contribution in [-0.4, -0.2) is 44.5 Å². The highest BCUT2D eigenvalue weighted by Gasteiger charge is 2.70. The summed E-state index contributed by atoms with van der Waals surface area (Å²) in [5.41, 5.74) is 1.19. The van der Waals surface area contributed by atoms with Gasteiger partial charge in [-0.2, -0.15) is 18.2 Å². The van der Waals surface area contributed by atoms with E-state index in [1.165, 1.54) is 61.5 Å². The van der Waals surface area contributed by atoms with Gasteiger partial charge in [0.25, 0.3) is 11.8 Å². The lowest BCUT2D eigenvalue weighted by molar-refractivity contribution is -0.139. The van der Waals surface area contributed by atoms with Gasteiger partial charge in [-0.1, -0.05) is 58.6 Å². The maximum atomic E-state index is 15.3. The highest BCUT2D eigenvalue weighted by Crippen LogP contribution is 2.65. The summed E-state index contributed by atoms with van der Waals surface area (Å²) >= 11 is 19.1. The van der Waals surface area contributed by atoms with Crippen LogP contribution in [0.1, 0.15) is 52.7 Å². The number of nitrogens with zero attached hydrogens (tertiary/aromatic N) is 3. The third-order valence-corrected chi connectivity index (χ3v) is 12.2. The minimum atomic E-state index is -4.78. The van der Waals surface area contributed by atoms with E-state index in [-0.39, 0.29) is 40.6 Å². The van der Waals surface area contributed by atoms with Gasteiger partial charge in [-0.3, -0.25) is 34.3 Å². The zero-order valence-corrected chi connectivity index (χ0v) is 31.2. The second-order valence-corrected chi connectivity index (χ2v) is 15.5. The molecule has 3 fully saturated rings. The second kappa shape index (κ2) is 13.5. The number of carbonyl (C=O) groups is 5. The largest absolute Gasteiger partial charge is 0.508 e. The van der Waals surface area contributed by atoms with Crippen molar-refractivity contribution in [2.24, 2.45) is 23.7 Å². The average Bonchev–Trinajstić information content (AvgIpc) is 3.54. The number of aromatic nitrogens is 1. The fourth-order valence-corrected chi connectivity index (χ4v) is 9.50. The molecule has 2 aliphatic heterocycles. The molecule has 0 bridgehead atoms. The Labute approximate surface area is 331 Å². The lowest BCUT2D eigenvalue weighted by atomic mass is 9.49. The van der Waals surface area contributed by atoms with Gasteiger partial charge in [-0.05, 0) is 91.9 Å². The molecular weight excluding hydrogens is 796 g/mol. The van der Waals surface area contributed by atoms with Crippen molar-refractivity contribution in [1.29, 1.82) is 0 Å². The van der Waals surface area contributed by atoms with Crippen LogP contribution in [0, 0.1) is 23.7 Å². The van der Waals surface area contributed by atoms with Crippen LogP contribution < -0.4 is 10.3 Å². The number of nitrogens with one attached hydrogen (secondary N) is 1. The summed E-state index contributed by atoms with van der Waals surface area (Å²) in [5.74, 6) is -8.64. The molecule has 10 nitrogen and oxygen atoms in total. The highest BCUT2D eigenvalue weighted by atomic mass is 35.5. The molecule has 4 amide bonds. The van der Waals surface area contributed by atoms with Crippen molar-refractivity contribution in [3.05, 3.63) is 128 Å².